The molecule has 0 spiro atoms. The number of hydrogen-bond donors (Lipinski definition) is 0. The van der Waals surface area contributed by atoms with Crippen molar-refractivity contribution in [2.75, 3.05) is 18.0 Å². The Kier molecular flexibility index (Phi) is 3.53. The molecule has 1 nitrogen and oxygen atoms in total. The van der Waals surface area contributed by atoms with Crippen molar-refractivity contribution in [3.8, 4) is 0 Å². The molecule has 0 bridgehead atoms. The van der Waals surface area contributed by atoms with Gasteiger partial charge in [0, 0.05) is 24.7 Å². The second kappa shape index (κ2) is 4.89. The van der Waals surface area contributed by atoms with Crippen molar-refractivity contribution in [1.82, 2.24) is 0 Å². The minimum absolute atomic E-state index is 0.608. The van der Waals surface area contributed by atoms with Gasteiger partial charge in [-0.3, -0.25) is 0 Å². The second-order valence-corrected chi connectivity index (χ2v) is 4.51. The molecule has 15 heavy (non-hydrogen) atoms. The fourth-order valence-electron chi connectivity index (χ4n) is 1.94. The molecular weight excluding hydrogens is 206 g/mol. The van der Waals surface area contributed by atoms with Crippen LogP contribution in [0.5, 0.6) is 0 Å². The first kappa shape index (κ1) is 10.8. The molecule has 0 saturated heterocycles. The molecule has 0 atom stereocenters. The van der Waals surface area contributed by atoms with E-state index in [-0.39, 0.29) is 0 Å². The lowest BCUT2D eigenvalue weighted by Crippen LogP contribution is -2.26. The Morgan fingerprint density at radius 1 is 1.33 bits per heavy atom. The van der Waals surface area contributed by atoms with E-state index in [0.717, 1.165) is 12.5 Å². The molecule has 0 aliphatic heterocycles. The average molecular weight is 224 g/mol. The summed E-state index contributed by atoms with van der Waals surface area (Å²) in [5, 5.41) is 0. The maximum Gasteiger partial charge on any atom is 0.0494 e. The lowest BCUT2D eigenvalue weighted by Gasteiger charge is -2.25. The topological polar surface area (TPSA) is 3.24 Å². The van der Waals surface area contributed by atoms with Crippen molar-refractivity contribution in [3.05, 3.63) is 29.8 Å². The van der Waals surface area contributed by atoms with E-state index in [1.165, 1.54) is 30.6 Å². The third kappa shape index (κ3) is 2.66. The Morgan fingerprint density at radius 2 is 2.07 bits per heavy atom. The van der Waals surface area contributed by atoms with E-state index in [1.807, 2.05) is 0 Å². The highest BCUT2D eigenvalue weighted by Gasteiger charge is 2.24. The molecule has 1 aromatic rings. The van der Waals surface area contributed by atoms with Crippen LogP contribution in [0.25, 0.3) is 0 Å². The Balaban J connectivity index is 2.15. The molecule has 2 rings (SSSR count). The van der Waals surface area contributed by atoms with Gasteiger partial charge in [-0.1, -0.05) is 18.2 Å². The zero-order chi connectivity index (χ0) is 10.7. The van der Waals surface area contributed by atoms with Gasteiger partial charge in [0.2, 0.25) is 0 Å². The maximum atomic E-state index is 5.96. The van der Waals surface area contributed by atoms with E-state index >= 15 is 0 Å². The van der Waals surface area contributed by atoms with Crippen molar-refractivity contribution >= 4 is 17.3 Å². The van der Waals surface area contributed by atoms with Gasteiger partial charge in [-0.15, -0.1) is 11.6 Å². The number of nitrogens with zero attached hydrogens (tertiary/aromatic N) is 1. The lowest BCUT2D eigenvalue weighted by molar-refractivity contribution is 0.739. The summed E-state index contributed by atoms with van der Waals surface area (Å²) in [6.07, 6.45) is 2.80. The fraction of sp³-hybridized carbons (Fsp3) is 0.538. The summed E-state index contributed by atoms with van der Waals surface area (Å²) in [4.78, 5) is 2.45. The van der Waals surface area contributed by atoms with Gasteiger partial charge in [0.15, 0.2) is 0 Å². The SMILES string of the molecule is CCN(CC1CC1)c1ccccc1CCl. The Bertz CT molecular complexity index is 320. The molecule has 1 saturated carbocycles. The molecule has 1 fully saturated rings. The number of rotatable bonds is 5. The van der Waals surface area contributed by atoms with Gasteiger partial charge in [0.1, 0.15) is 0 Å². The number of anilines is 1. The van der Waals surface area contributed by atoms with Gasteiger partial charge in [-0.2, -0.15) is 0 Å². The number of para-hydroxylation sites is 1. The summed E-state index contributed by atoms with van der Waals surface area (Å²) in [6, 6.07) is 8.47. The Hall–Kier alpha value is -0.690. The smallest absolute Gasteiger partial charge is 0.0494 e. The molecular formula is C13H18ClN. The number of benzene rings is 1. The summed E-state index contributed by atoms with van der Waals surface area (Å²) < 4.78 is 0. The molecule has 0 N–H and O–H groups in total. The number of hydrogen-bond acceptors (Lipinski definition) is 1. The van der Waals surface area contributed by atoms with Crippen LogP contribution in [0.2, 0.25) is 0 Å². The van der Waals surface area contributed by atoms with Gasteiger partial charge in [0.25, 0.3) is 0 Å². The van der Waals surface area contributed by atoms with E-state index < -0.39 is 0 Å². The van der Waals surface area contributed by atoms with E-state index in [2.05, 4.69) is 36.1 Å². The lowest BCUT2D eigenvalue weighted by atomic mass is 10.1. The molecule has 0 unspecified atom stereocenters. The normalized spacial score (nSPS) is 15.3. The minimum atomic E-state index is 0.608. The standard InChI is InChI=1S/C13H18ClN/c1-2-15(10-11-7-8-11)13-6-4-3-5-12(13)9-14/h3-6,11H,2,7-10H2,1H3. The summed E-state index contributed by atoms with van der Waals surface area (Å²) in [7, 11) is 0. The van der Waals surface area contributed by atoms with Crippen LogP contribution in [0.15, 0.2) is 24.3 Å². The van der Waals surface area contributed by atoms with E-state index in [4.69, 9.17) is 11.6 Å². The van der Waals surface area contributed by atoms with E-state index in [0.29, 0.717) is 5.88 Å². The van der Waals surface area contributed by atoms with Crippen LogP contribution in [0.4, 0.5) is 5.69 Å². The number of halogens is 1. The predicted octanol–water partition coefficient (Wildman–Crippen LogP) is 3.66. The third-order valence-electron chi connectivity index (χ3n) is 3.03. The van der Waals surface area contributed by atoms with Crippen molar-refractivity contribution in [2.45, 2.75) is 25.6 Å². The summed E-state index contributed by atoms with van der Waals surface area (Å²) in [6.45, 7) is 4.49. The van der Waals surface area contributed by atoms with Gasteiger partial charge in [-0.25, -0.2) is 0 Å². The highest BCUT2D eigenvalue weighted by atomic mass is 35.5. The van der Waals surface area contributed by atoms with Crippen LogP contribution >= 0.6 is 11.6 Å². The minimum Gasteiger partial charge on any atom is -0.371 e. The Labute approximate surface area is 97.0 Å². The van der Waals surface area contributed by atoms with Crippen molar-refractivity contribution < 1.29 is 0 Å². The first-order chi connectivity index (χ1) is 7.35. The monoisotopic (exact) mass is 223 g/mol. The van der Waals surface area contributed by atoms with Gasteiger partial charge in [-0.05, 0) is 37.3 Å². The molecule has 1 aliphatic carbocycles. The van der Waals surface area contributed by atoms with Gasteiger partial charge >= 0.3 is 0 Å². The van der Waals surface area contributed by atoms with Crippen molar-refractivity contribution in [2.24, 2.45) is 5.92 Å². The maximum absolute atomic E-state index is 5.96. The number of alkyl halides is 1. The second-order valence-electron chi connectivity index (χ2n) is 4.24. The zero-order valence-corrected chi connectivity index (χ0v) is 10.0. The summed E-state index contributed by atoms with van der Waals surface area (Å²) >= 11 is 5.96. The van der Waals surface area contributed by atoms with Crippen molar-refractivity contribution in [3.63, 3.8) is 0 Å². The molecule has 2 heteroatoms. The van der Waals surface area contributed by atoms with E-state index in [9.17, 15) is 0 Å². The molecule has 1 aromatic carbocycles. The highest BCUT2D eigenvalue weighted by molar-refractivity contribution is 6.17. The first-order valence-electron chi connectivity index (χ1n) is 5.74. The first-order valence-corrected chi connectivity index (χ1v) is 6.27. The van der Waals surface area contributed by atoms with Gasteiger partial charge < -0.3 is 4.90 Å². The highest BCUT2D eigenvalue weighted by Crippen LogP contribution is 2.32. The summed E-state index contributed by atoms with van der Waals surface area (Å²) in [5.41, 5.74) is 2.57. The van der Waals surface area contributed by atoms with Crippen LogP contribution in [-0.4, -0.2) is 13.1 Å². The molecule has 1 aliphatic rings. The van der Waals surface area contributed by atoms with Crippen LogP contribution in [-0.2, 0) is 5.88 Å². The quantitative estimate of drug-likeness (QED) is 0.689. The van der Waals surface area contributed by atoms with Gasteiger partial charge in [0.05, 0.1) is 0 Å². The largest absolute Gasteiger partial charge is 0.371 e. The molecule has 0 radical (unpaired) electrons. The van der Waals surface area contributed by atoms with E-state index in [1.54, 1.807) is 0 Å². The molecule has 82 valence electrons. The summed E-state index contributed by atoms with van der Waals surface area (Å²) in [5.74, 6) is 1.53. The van der Waals surface area contributed by atoms with Crippen LogP contribution < -0.4 is 4.90 Å². The third-order valence-corrected chi connectivity index (χ3v) is 3.32. The predicted molar refractivity (Wildman–Crippen MR) is 66.6 cm³/mol. The fourth-order valence-corrected chi connectivity index (χ4v) is 2.17. The average Bonchev–Trinajstić information content (AvgIpc) is 3.10. The van der Waals surface area contributed by atoms with Crippen LogP contribution in [0.1, 0.15) is 25.3 Å². The molecule has 0 aromatic heterocycles. The molecule has 0 amide bonds. The van der Waals surface area contributed by atoms with Crippen LogP contribution in [0, 0.1) is 5.92 Å². The molecule has 0 heterocycles. The van der Waals surface area contributed by atoms with Crippen molar-refractivity contribution in [1.29, 1.82) is 0 Å². The zero-order valence-electron chi connectivity index (χ0n) is 9.25. The Morgan fingerprint density at radius 3 is 2.67 bits per heavy atom. The van der Waals surface area contributed by atoms with Crippen LogP contribution in [0.3, 0.4) is 0 Å².